The number of sulfone groups is 1. The minimum Gasteiger partial charge on any atom is -0.329 e. The quantitative estimate of drug-likeness (QED) is 0.860. The highest BCUT2D eigenvalue weighted by molar-refractivity contribution is 7.90. The topological polar surface area (TPSA) is 62.8 Å². The van der Waals surface area contributed by atoms with Crippen LogP contribution in [0, 0.1) is 0 Å². The van der Waals surface area contributed by atoms with Crippen molar-refractivity contribution in [1.82, 2.24) is 9.97 Å². The van der Waals surface area contributed by atoms with Gasteiger partial charge in [0.05, 0.1) is 21.1 Å². The van der Waals surface area contributed by atoms with Crippen LogP contribution < -0.4 is 0 Å². The van der Waals surface area contributed by atoms with Crippen LogP contribution in [-0.2, 0) is 9.84 Å². The number of aromatic nitrogens is 2. The van der Waals surface area contributed by atoms with E-state index in [9.17, 15) is 8.42 Å². The first-order valence-electron chi connectivity index (χ1n) is 3.93. The standard InChI is InChI=1S/C8H6Cl2N2O2S/c1-15(13,14)8-11-6-2-4(9)5(10)3-7(6)12-8/h2-3H,1H3,(H,11,12). The molecule has 7 heteroatoms. The molecule has 0 saturated heterocycles. The van der Waals surface area contributed by atoms with Crippen LogP contribution in [0.1, 0.15) is 0 Å². The second-order valence-electron chi connectivity index (χ2n) is 3.10. The van der Waals surface area contributed by atoms with Gasteiger partial charge in [-0.2, -0.15) is 0 Å². The molecule has 0 spiro atoms. The average molecular weight is 265 g/mol. The molecule has 0 radical (unpaired) electrons. The number of H-pyrrole nitrogens is 1. The van der Waals surface area contributed by atoms with Crippen molar-refractivity contribution in [2.24, 2.45) is 0 Å². The van der Waals surface area contributed by atoms with Gasteiger partial charge in [0.1, 0.15) is 0 Å². The van der Waals surface area contributed by atoms with Gasteiger partial charge in [-0.15, -0.1) is 0 Å². The highest BCUT2D eigenvalue weighted by Gasteiger charge is 2.13. The summed E-state index contributed by atoms with van der Waals surface area (Å²) < 4.78 is 22.4. The number of hydrogen-bond acceptors (Lipinski definition) is 3. The van der Waals surface area contributed by atoms with E-state index in [1.807, 2.05) is 0 Å². The number of imidazole rings is 1. The predicted octanol–water partition coefficient (Wildman–Crippen LogP) is 2.27. The summed E-state index contributed by atoms with van der Waals surface area (Å²) in [7, 11) is -3.34. The Morgan fingerprint density at radius 3 is 2.47 bits per heavy atom. The lowest BCUT2D eigenvalue weighted by atomic mass is 10.3. The summed E-state index contributed by atoms with van der Waals surface area (Å²) >= 11 is 11.6. The summed E-state index contributed by atoms with van der Waals surface area (Å²) in [6.07, 6.45) is 1.08. The molecule has 80 valence electrons. The Kier molecular flexibility index (Phi) is 2.41. The molecule has 1 heterocycles. The molecule has 1 N–H and O–H groups in total. The zero-order valence-corrected chi connectivity index (χ0v) is 9.91. The summed E-state index contributed by atoms with van der Waals surface area (Å²) in [6, 6.07) is 3.06. The highest BCUT2D eigenvalue weighted by Crippen LogP contribution is 2.27. The third kappa shape index (κ3) is 1.95. The summed E-state index contributed by atoms with van der Waals surface area (Å²) in [5, 5.41) is 0.611. The molecule has 1 aromatic carbocycles. The molecule has 0 fully saturated rings. The van der Waals surface area contributed by atoms with Crippen LogP contribution >= 0.6 is 23.2 Å². The number of nitrogens with zero attached hydrogens (tertiary/aromatic N) is 1. The summed E-state index contributed by atoms with van der Waals surface area (Å²) in [5.41, 5.74) is 1.02. The van der Waals surface area contributed by atoms with E-state index in [1.54, 1.807) is 6.07 Å². The fraction of sp³-hybridized carbons (Fsp3) is 0.125. The van der Waals surface area contributed by atoms with Gasteiger partial charge in [-0.05, 0) is 12.1 Å². The molecule has 15 heavy (non-hydrogen) atoms. The Morgan fingerprint density at radius 2 is 1.87 bits per heavy atom. The molecular weight excluding hydrogens is 259 g/mol. The second-order valence-corrected chi connectivity index (χ2v) is 5.84. The Morgan fingerprint density at radius 1 is 1.27 bits per heavy atom. The predicted molar refractivity (Wildman–Crippen MR) is 59.2 cm³/mol. The monoisotopic (exact) mass is 264 g/mol. The molecule has 0 aliphatic rings. The third-order valence-electron chi connectivity index (χ3n) is 1.85. The zero-order chi connectivity index (χ0) is 11.2. The van der Waals surface area contributed by atoms with E-state index >= 15 is 0 Å². The first-order chi connectivity index (χ1) is 6.88. The number of rotatable bonds is 1. The molecule has 0 aliphatic heterocycles. The minimum absolute atomic E-state index is 0.0872. The van der Waals surface area contributed by atoms with Crippen LogP contribution in [0.3, 0.4) is 0 Å². The Hall–Kier alpha value is -0.780. The van der Waals surface area contributed by atoms with Gasteiger partial charge < -0.3 is 4.98 Å². The fourth-order valence-electron chi connectivity index (χ4n) is 1.16. The van der Waals surface area contributed by atoms with E-state index in [4.69, 9.17) is 23.2 Å². The number of halogens is 2. The second kappa shape index (κ2) is 3.37. The van der Waals surface area contributed by atoms with Crippen LogP contribution in [0.15, 0.2) is 17.3 Å². The molecule has 0 amide bonds. The van der Waals surface area contributed by atoms with Gasteiger partial charge in [0, 0.05) is 6.26 Å². The first kappa shape index (κ1) is 10.7. The number of benzene rings is 1. The molecule has 0 saturated carbocycles. The van der Waals surface area contributed by atoms with Gasteiger partial charge in [0.15, 0.2) is 0 Å². The normalized spacial score (nSPS) is 12.2. The maximum absolute atomic E-state index is 11.2. The lowest BCUT2D eigenvalue weighted by Crippen LogP contribution is -1.98. The summed E-state index contributed by atoms with van der Waals surface area (Å²) in [5.74, 6) is 0. The number of aromatic amines is 1. The average Bonchev–Trinajstić information content (AvgIpc) is 2.47. The van der Waals surface area contributed by atoms with E-state index in [0.29, 0.717) is 21.1 Å². The minimum atomic E-state index is -3.34. The molecule has 4 nitrogen and oxygen atoms in total. The van der Waals surface area contributed by atoms with E-state index in [0.717, 1.165) is 6.26 Å². The van der Waals surface area contributed by atoms with Crippen LogP contribution in [-0.4, -0.2) is 24.6 Å². The van der Waals surface area contributed by atoms with Crippen LogP contribution in [0.5, 0.6) is 0 Å². The van der Waals surface area contributed by atoms with Crippen LogP contribution in [0.25, 0.3) is 11.0 Å². The van der Waals surface area contributed by atoms with Crippen molar-refractivity contribution in [2.75, 3.05) is 6.26 Å². The summed E-state index contributed by atoms with van der Waals surface area (Å²) in [6.45, 7) is 0. The molecule has 0 bridgehead atoms. The van der Waals surface area contributed by atoms with Crippen LogP contribution in [0.4, 0.5) is 0 Å². The lowest BCUT2D eigenvalue weighted by molar-refractivity contribution is 0.595. The molecule has 0 aliphatic carbocycles. The Bertz CT molecular complexity index is 594. The van der Waals surface area contributed by atoms with Crippen molar-refractivity contribution >= 4 is 44.1 Å². The largest absolute Gasteiger partial charge is 0.329 e. The summed E-state index contributed by atoms with van der Waals surface area (Å²) in [4.78, 5) is 6.56. The molecule has 2 aromatic rings. The lowest BCUT2D eigenvalue weighted by Gasteiger charge is -1.93. The molecular formula is C8H6Cl2N2O2S. The van der Waals surface area contributed by atoms with Gasteiger partial charge >= 0.3 is 0 Å². The van der Waals surface area contributed by atoms with E-state index < -0.39 is 9.84 Å². The maximum Gasteiger partial charge on any atom is 0.225 e. The van der Waals surface area contributed by atoms with Gasteiger partial charge in [-0.25, -0.2) is 13.4 Å². The van der Waals surface area contributed by atoms with Crippen LogP contribution in [0.2, 0.25) is 10.0 Å². The zero-order valence-electron chi connectivity index (χ0n) is 7.58. The van der Waals surface area contributed by atoms with Crippen molar-refractivity contribution in [3.05, 3.63) is 22.2 Å². The van der Waals surface area contributed by atoms with Crippen molar-refractivity contribution in [3.8, 4) is 0 Å². The highest BCUT2D eigenvalue weighted by atomic mass is 35.5. The number of hydrogen-bond donors (Lipinski definition) is 1. The molecule has 2 rings (SSSR count). The van der Waals surface area contributed by atoms with Crippen molar-refractivity contribution in [2.45, 2.75) is 5.16 Å². The van der Waals surface area contributed by atoms with Crippen molar-refractivity contribution < 1.29 is 8.42 Å². The van der Waals surface area contributed by atoms with Crippen molar-refractivity contribution in [3.63, 3.8) is 0 Å². The van der Waals surface area contributed by atoms with Gasteiger partial charge in [0.25, 0.3) is 0 Å². The molecule has 0 atom stereocenters. The van der Waals surface area contributed by atoms with E-state index in [1.165, 1.54) is 6.07 Å². The van der Waals surface area contributed by atoms with E-state index in [-0.39, 0.29) is 5.16 Å². The van der Waals surface area contributed by atoms with Crippen molar-refractivity contribution in [1.29, 1.82) is 0 Å². The first-order valence-corrected chi connectivity index (χ1v) is 6.57. The fourth-order valence-corrected chi connectivity index (χ4v) is 2.04. The Labute approximate surface area is 96.1 Å². The van der Waals surface area contributed by atoms with Gasteiger partial charge in [-0.1, -0.05) is 23.2 Å². The molecule has 0 unspecified atom stereocenters. The smallest absolute Gasteiger partial charge is 0.225 e. The van der Waals surface area contributed by atoms with Gasteiger partial charge in [0.2, 0.25) is 15.0 Å². The SMILES string of the molecule is CS(=O)(=O)c1nc2cc(Cl)c(Cl)cc2[nH]1. The van der Waals surface area contributed by atoms with Gasteiger partial charge in [-0.3, -0.25) is 0 Å². The Balaban J connectivity index is 2.77. The third-order valence-corrected chi connectivity index (χ3v) is 3.47. The number of fused-ring (bicyclic) bond motifs is 1. The maximum atomic E-state index is 11.2. The van der Waals surface area contributed by atoms with E-state index in [2.05, 4.69) is 9.97 Å². The number of nitrogens with one attached hydrogen (secondary N) is 1. The molecule has 1 aromatic heterocycles.